The molecule has 2 N–H and O–H groups in total. The van der Waals surface area contributed by atoms with Gasteiger partial charge in [0, 0.05) is 19.6 Å². The maximum atomic E-state index is 12.5. The Morgan fingerprint density at radius 3 is 2.68 bits per heavy atom. The molecule has 0 bridgehead atoms. The molecule has 1 heterocycles. The van der Waals surface area contributed by atoms with Gasteiger partial charge >= 0.3 is 12.0 Å². The van der Waals surface area contributed by atoms with Crippen LogP contribution in [-0.4, -0.2) is 41.6 Å². The van der Waals surface area contributed by atoms with E-state index in [2.05, 4.69) is 29.6 Å². The summed E-state index contributed by atoms with van der Waals surface area (Å²) in [7, 11) is 0. The Bertz CT molecular complexity index is 656. The fourth-order valence-corrected chi connectivity index (χ4v) is 5.04. The molecule has 3 fully saturated rings. The van der Waals surface area contributed by atoms with Crippen molar-refractivity contribution >= 4 is 12.0 Å². The Balaban J connectivity index is 1.25. The number of carboxylic acids is 1. The minimum atomic E-state index is -0.727. The number of urea groups is 1. The SMILES string of the molecule is O=C(NCC1CC(c2ccccc2)C1)N1C[C@@H]2CCC[C@@]2(C(=O)O)C1. The lowest BCUT2D eigenvalue weighted by molar-refractivity contribution is -0.149. The molecule has 134 valence electrons. The molecular formula is C20H26N2O3. The first-order valence-electron chi connectivity index (χ1n) is 9.39. The van der Waals surface area contributed by atoms with Gasteiger partial charge in [0.05, 0.1) is 5.41 Å². The van der Waals surface area contributed by atoms with E-state index in [4.69, 9.17) is 0 Å². The zero-order chi connectivity index (χ0) is 17.4. The van der Waals surface area contributed by atoms with Crippen molar-refractivity contribution in [3.8, 4) is 0 Å². The second-order valence-electron chi connectivity index (χ2n) is 8.06. The lowest BCUT2D eigenvalue weighted by Gasteiger charge is -2.36. The molecule has 3 aliphatic rings. The highest BCUT2D eigenvalue weighted by molar-refractivity contribution is 5.80. The van der Waals surface area contributed by atoms with E-state index in [0.29, 0.717) is 37.9 Å². The molecule has 5 nitrogen and oxygen atoms in total. The fourth-order valence-electron chi connectivity index (χ4n) is 5.04. The minimum Gasteiger partial charge on any atom is -0.481 e. The van der Waals surface area contributed by atoms with E-state index < -0.39 is 11.4 Å². The molecule has 2 saturated carbocycles. The number of nitrogens with zero attached hydrogens (tertiary/aromatic N) is 1. The third-order valence-electron chi connectivity index (χ3n) is 6.63. The first-order valence-corrected chi connectivity index (χ1v) is 9.39. The monoisotopic (exact) mass is 342 g/mol. The van der Waals surface area contributed by atoms with Crippen LogP contribution in [0.15, 0.2) is 30.3 Å². The molecule has 0 spiro atoms. The second kappa shape index (κ2) is 6.36. The van der Waals surface area contributed by atoms with Crippen LogP contribution in [0, 0.1) is 17.3 Å². The number of likely N-dealkylation sites (tertiary alicyclic amines) is 1. The van der Waals surface area contributed by atoms with Gasteiger partial charge in [-0.1, -0.05) is 36.8 Å². The van der Waals surface area contributed by atoms with Crippen LogP contribution in [-0.2, 0) is 4.79 Å². The van der Waals surface area contributed by atoms with Gasteiger partial charge in [-0.05, 0) is 49.0 Å². The Hall–Kier alpha value is -2.04. The van der Waals surface area contributed by atoms with E-state index in [0.717, 1.165) is 25.7 Å². The van der Waals surface area contributed by atoms with Gasteiger partial charge in [0.25, 0.3) is 0 Å². The highest BCUT2D eigenvalue weighted by atomic mass is 16.4. The average Bonchev–Trinajstić information content (AvgIpc) is 3.12. The number of nitrogens with one attached hydrogen (secondary N) is 1. The molecule has 1 aliphatic heterocycles. The van der Waals surface area contributed by atoms with Gasteiger partial charge in [-0.25, -0.2) is 4.79 Å². The van der Waals surface area contributed by atoms with Crippen molar-refractivity contribution in [3.05, 3.63) is 35.9 Å². The van der Waals surface area contributed by atoms with Gasteiger partial charge < -0.3 is 15.3 Å². The van der Waals surface area contributed by atoms with Crippen molar-refractivity contribution < 1.29 is 14.7 Å². The molecule has 1 aromatic rings. The summed E-state index contributed by atoms with van der Waals surface area (Å²) in [5, 5.41) is 12.7. The van der Waals surface area contributed by atoms with Gasteiger partial charge in [0.15, 0.2) is 0 Å². The number of amides is 2. The summed E-state index contributed by atoms with van der Waals surface area (Å²) in [6.07, 6.45) is 4.84. The topological polar surface area (TPSA) is 69.6 Å². The van der Waals surface area contributed by atoms with E-state index in [1.54, 1.807) is 4.90 Å². The molecule has 1 aromatic carbocycles. The third kappa shape index (κ3) is 2.90. The zero-order valence-electron chi connectivity index (χ0n) is 14.5. The smallest absolute Gasteiger partial charge is 0.317 e. The lowest BCUT2D eigenvalue weighted by Crippen LogP contribution is -2.44. The molecule has 0 radical (unpaired) electrons. The van der Waals surface area contributed by atoms with Gasteiger partial charge in [-0.3, -0.25) is 4.79 Å². The molecule has 0 aromatic heterocycles. The first kappa shape index (κ1) is 16.4. The van der Waals surface area contributed by atoms with E-state index >= 15 is 0 Å². The summed E-state index contributed by atoms with van der Waals surface area (Å²) in [5.74, 6) is 0.547. The van der Waals surface area contributed by atoms with E-state index in [-0.39, 0.29) is 11.9 Å². The Morgan fingerprint density at radius 1 is 1.24 bits per heavy atom. The molecule has 0 unspecified atom stereocenters. The molecular weight excluding hydrogens is 316 g/mol. The average molecular weight is 342 g/mol. The predicted octanol–water partition coefficient (Wildman–Crippen LogP) is 3.08. The number of hydrogen-bond donors (Lipinski definition) is 2. The van der Waals surface area contributed by atoms with Crippen LogP contribution in [0.25, 0.3) is 0 Å². The molecule has 2 aliphatic carbocycles. The number of fused-ring (bicyclic) bond motifs is 1. The van der Waals surface area contributed by atoms with Gasteiger partial charge in [-0.15, -0.1) is 0 Å². The third-order valence-corrected chi connectivity index (χ3v) is 6.63. The lowest BCUT2D eigenvalue weighted by atomic mass is 9.71. The van der Waals surface area contributed by atoms with Gasteiger partial charge in [0.2, 0.25) is 0 Å². The standard InChI is InChI=1S/C20H26N2O3/c23-18(24)20-8-4-7-17(20)12-22(13-20)19(25)21-11-14-9-16(10-14)15-5-2-1-3-6-15/h1-3,5-6,14,16-17H,4,7-13H2,(H,21,25)(H,23,24)/t14?,16?,17-,20+/m0/s1. The molecule has 2 atom stereocenters. The van der Waals surface area contributed by atoms with Crippen molar-refractivity contribution in [1.82, 2.24) is 10.2 Å². The Labute approximate surface area is 148 Å². The largest absolute Gasteiger partial charge is 0.481 e. The number of aliphatic carboxylic acids is 1. The van der Waals surface area contributed by atoms with Crippen LogP contribution < -0.4 is 5.32 Å². The van der Waals surface area contributed by atoms with Crippen molar-refractivity contribution in [2.24, 2.45) is 17.3 Å². The maximum absolute atomic E-state index is 12.5. The van der Waals surface area contributed by atoms with Crippen LogP contribution in [0.1, 0.15) is 43.6 Å². The summed E-state index contributed by atoms with van der Waals surface area (Å²) < 4.78 is 0. The van der Waals surface area contributed by atoms with Crippen molar-refractivity contribution in [2.75, 3.05) is 19.6 Å². The van der Waals surface area contributed by atoms with Crippen LogP contribution in [0.4, 0.5) is 4.79 Å². The number of carboxylic acid groups (broad SMARTS) is 1. The quantitative estimate of drug-likeness (QED) is 0.883. The van der Waals surface area contributed by atoms with E-state index in [1.165, 1.54) is 5.56 Å². The maximum Gasteiger partial charge on any atom is 0.317 e. The van der Waals surface area contributed by atoms with Crippen LogP contribution in [0.3, 0.4) is 0 Å². The number of carbonyl (C=O) groups is 2. The number of carbonyl (C=O) groups excluding carboxylic acids is 1. The molecule has 4 rings (SSSR count). The minimum absolute atomic E-state index is 0.0850. The molecule has 5 heteroatoms. The molecule has 2 amide bonds. The van der Waals surface area contributed by atoms with Crippen molar-refractivity contribution in [2.45, 2.75) is 38.0 Å². The number of hydrogen-bond acceptors (Lipinski definition) is 2. The summed E-state index contributed by atoms with van der Waals surface area (Å²) >= 11 is 0. The summed E-state index contributed by atoms with van der Waals surface area (Å²) in [5.41, 5.74) is 0.701. The van der Waals surface area contributed by atoms with Crippen LogP contribution in [0.2, 0.25) is 0 Å². The predicted molar refractivity (Wildman–Crippen MR) is 94.3 cm³/mol. The summed E-state index contributed by atoms with van der Waals surface area (Å²) in [4.78, 5) is 25.9. The Kier molecular flexibility index (Phi) is 4.18. The van der Waals surface area contributed by atoms with Crippen molar-refractivity contribution in [3.63, 3.8) is 0 Å². The highest BCUT2D eigenvalue weighted by Crippen LogP contribution is 2.49. The van der Waals surface area contributed by atoms with E-state index in [9.17, 15) is 14.7 Å². The number of benzene rings is 1. The molecule has 25 heavy (non-hydrogen) atoms. The highest BCUT2D eigenvalue weighted by Gasteiger charge is 2.55. The van der Waals surface area contributed by atoms with Gasteiger partial charge in [-0.2, -0.15) is 0 Å². The van der Waals surface area contributed by atoms with Crippen LogP contribution >= 0.6 is 0 Å². The Morgan fingerprint density at radius 2 is 2.00 bits per heavy atom. The first-order chi connectivity index (χ1) is 12.1. The fraction of sp³-hybridized carbons (Fsp3) is 0.600. The second-order valence-corrected chi connectivity index (χ2v) is 8.06. The zero-order valence-corrected chi connectivity index (χ0v) is 14.5. The van der Waals surface area contributed by atoms with Gasteiger partial charge in [0.1, 0.15) is 0 Å². The molecule has 1 saturated heterocycles. The van der Waals surface area contributed by atoms with Crippen molar-refractivity contribution in [1.29, 1.82) is 0 Å². The summed E-state index contributed by atoms with van der Waals surface area (Å²) in [6.45, 7) is 1.66. The van der Waals surface area contributed by atoms with Crippen LogP contribution in [0.5, 0.6) is 0 Å². The normalized spacial score (nSPS) is 33.6. The number of rotatable bonds is 4. The van der Waals surface area contributed by atoms with E-state index in [1.807, 2.05) is 6.07 Å². The summed E-state index contributed by atoms with van der Waals surface area (Å²) in [6, 6.07) is 10.5.